The maximum Gasteiger partial charge on any atom is 0.265 e. The molecule has 0 radical (unpaired) electrons. The van der Waals surface area contributed by atoms with Gasteiger partial charge in [-0.25, -0.2) is 4.98 Å². The molecule has 1 aliphatic heterocycles. The van der Waals surface area contributed by atoms with Gasteiger partial charge in [-0.1, -0.05) is 43.7 Å². The van der Waals surface area contributed by atoms with E-state index in [2.05, 4.69) is 42.2 Å². The van der Waals surface area contributed by atoms with Crippen LogP contribution in [-0.4, -0.2) is 28.9 Å². The van der Waals surface area contributed by atoms with Gasteiger partial charge in [-0.05, 0) is 37.7 Å². The average Bonchev–Trinajstić information content (AvgIpc) is 2.96. The Bertz CT molecular complexity index is 657. The van der Waals surface area contributed by atoms with Crippen molar-refractivity contribution in [1.29, 1.82) is 0 Å². The van der Waals surface area contributed by atoms with Gasteiger partial charge in [0.25, 0.3) is 5.91 Å². The SMILES string of the molecule is CCCc1nc(C)sc1C(=O)N1CCC(c2ccccc2)CC1. The summed E-state index contributed by atoms with van der Waals surface area (Å²) >= 11 is 1.55. The second kappa shape index (κ2) is 7.26. The fourth-order valence-corrected chi connectivity index (χ4v) is 4.26. The third kappa shape index (κ3) is 3.63. The van der Waals surface area contributed by atoms with E-state index in [-0.39, 0.29) is 5.91 Å². The Kier molecular flexibility index (Phi) is 5.11. The number of rotatable bonds is 4. The van der Waals surface area contributed by atoms with Crippen LogP contribution in [0.3, 0.4) is 0 Å². The molecule has 2 heterocycles. The van der Waals surface area contributed by atoms with Crippen molar-refractivity contribution >= 4 is 17.2 Å². The number of aryl methyl sites for hydroxylation is 2. The van der Waals surface area contributed by atoms with Crippen LogP contribution < -0.4 is 0 Å². The molecule has 23 heavy (non-hydrogen) atoms. The molecular weight excluding hydrogens is 304 g/mol. The molecule has 3 rings (SSSR count). The third-order valence-corrected chi connectivity index (χ3v) is 5.54. The summed E-state index contributed by atoms with van der Waals surface area (Å²) in [6, 6.07) is 10.7. The monoisotopic (exact) mass is 328 g/mol. The molecule has 0 N–H and O–H groups in total. The number of thiazole rings is 1. The summed E-state index contributed by atoms with van der Waals surface area (Å²) in [4.78, 5) is 20.3. The van der Waals surface area contributed by atoms with Crippen LogP contribution in [0.2, 0.25) is 0 Å². The molecule has 3 nitrogen and oxygen atoms in total. The van der Waals surface area contributed by atoms with E-state index < -0.39 is 0 Å². The standard InChI is InChI=1S/C19H24N2OS/c1-3-7-17-18(23-14(2)20-17)19(22)21-12-10-16(11-13-21)15-8-5-4-6-9-15/h4-6,8-9,16H,3,7,10-13H2,1-2H3. The van der Waals surface area contributed by atoms with Crippen LogP contribution in [0.5, 0.6) is 0 Å². The summed E-state index contributed by atoms with van der Waals surface area (Å²) in [7, 11) is 0. The number of hydrogen-bond acceptors (Lipinski definition) is 3. The van der Waals surface area contributed by atoms with Crippen molar-refractivity contribution in [2.24, 2.45) is 0 Å². The van der Waals surface area contributed by atoms with Gasteiger partial charge in [-0.15, -0.1) is 11.3 Å². The van der Waals surface area contributed by atoms with Gasteiger partial charge < -0.3 is 4.90 Å². The Hall–Kier alpha value is -1.68. The van der Waals surface area contributed by atoms with Gasteiger partial charge in [0.1, 0.15) is 4.88 Å². The summed E-state index contributed by atoms with van der Waals surface area (Å²) in [5.41, 5.74) is 2.39. The highest BCUT2D eigenvalue weighted by atomic mass is 32.1. The molecule has 1 aromatic heterocycles. The Balaban J connectivity index is 1.67. The number of aromatic nitrogens is 1. The van der Waals surface area contributed by atoms with Crippen molar-refractivity contribution in [2.75, 3.05) is 13.1 Å². The molecular formula is C19H24N2OS. The lowest BCUT2D eigenvalue weighted by molar-refractivity contribution is 0.0716. The maximum absolute atomic E-state index is 12.8. The predicted molar refractivity (Wildman–Crippen MR) is 95.2 cm³/mol. The van der Waals surface area contributed by atoms with Crippen molar-refractivity contribution in [3.63, 3.8) is 0 Å². The molecule has 2 aromatic rings. The first-order valence-electron chi connectivity index (χ1n) is 8.49. The first-order chi connectivity index (χ1) is 11.2. The summed E-state index contributed by atoms with van der Waals surface area (Å²) in [6.45, 7) is 5.82. The van der Waals surface area contributed by atoms with E-state index >= 15 is 0 Å². The fourth-order valence-electron chi connectivity index (χ4n) is 3.33. The lowest BCUT2D eigenvalue weighted by atomic mass is 9.89. The Labute approximate surface area is 142 Å². The van der Waals surface area contributed by atoms with Crippen LogP contribution >= 0.6 is 11.3 Å². The minimum Gasteiger partial charge on any atom is -0.338 e. The number of piperidine rings is 1. The average molecular weight is 328 g/mol. The molecule has 1 aromatic carbocycles. The molecule has 0 atom stereocenters. The second-order valence-corrected chi connectivity index (χ2v) is 7.44. The van der Waals surface area contributed by atoms with Crippen LogP contribution in [0.25, 0.3) is 0 Å². The molecule has 0 bridgehead atoms. The quantitative estimate of drug-likeness (QED) is 0.832. The van der Waals surface area contributed by atoms with E-state index in [9.17, 15) is 4.79 Å². The number of hydrogen-bond donors (Lipinski definition) is 0. The van der Waals surface area contributed by atoms with Gasteiger partial charge in [-0.3, -0.25) is 4.79 Å². The summed E-state index contributed by atoms with van der Waals surface area (Å²) in [5, 5.41) is 0.996. The van der Waals surface area contributed by atoms with Gasteiger partial charge in [0.05, 0.1) is 10.7 Å². The number of likely N-dealkylation sites (tertiary alicyclic amines) is 1. The van der Waals surface area contributed by atoms with E-state index in [1.54, 1.807) is 11.3 Å². The molecule has 0 spiro atoms. The van der Waals surface area contributed by atoms with Gasteiger partial charge in [0.15, 0.2) is 0 Å². The van der Waals surface area contributed by atoms with Crippen LogP contribution in [0.1, 0.15) is 58.0 Å². The number of amides is 1. The van der Waals surface area contributed by atoms with Crippen molar-refractivity contribution in [3.8, 4) is 0 Å². The predicted octanol–water partition coefficient (Wildman–Crippen LogP) is 4.42. The lowest BCUT2D eigenvalue weighted by Crippen LogP contribution is -2.38. The van der Waals surface area contributed by atoms with E-state index in [4.69, 9.17) is 0 Å². The Morgan fingerprint density at radius 3 is 2.61 bits per heavy atom. The Morgan fingerprint density at radius 1 is 1.26 bits per heavy atom. The van der Waals surface area contributed by atoms with Gasteiger partial charge in [0.2, 0.25) is 0 Å². The number of benzene rings is 1. The van der Waals surface area contributed by atoms with E-state index in [1.165, 1.54) is 5.56 Å². The zero-order valence-corrected chi connectivity index (χ0v) is 14.7. The van der Waals surface area contributed by atoms with Crippen LogP contribution in [-0.2, 0) is 6.42 Å². The minimum absolute atomic E-state index is 0.186. The van der Waals surface area contributed by atoms with Crippen molar-refractivity contribution < 1.29 is 4.79 Å². The highest BCUT2D eigenvalue weighted by Crippen LogP contribution is 2.30. The molecule has 122 valence electrons. The lowest BCUT2D eigenvalue weighted by Gasteiger charge is -2.32. The van der Waals surface area contributed by atoms with E-state index in [1.807, 2.05) is 11.8 Å². The molecule has 1 saturated heterocycles. The molecule has 0 saturated carbocycles. The van der Waals surface area contributed by atoms with E-state index in [0.717, 1.165) is 54.4 Å². The first-order valence-corrected chi connectivity index (χ1v) is 9.31. The minimum atomic E-state index is 0.186. The molecule has 1 amide bonds. The van der Waals surface area contributed by atoms with E-state index in [0.29, 0.717) is 5.92 Å². The normalized spacial score (nSPS) is 15.8. The van der Waals surface area contributed by atoms with Crippen LogP contribution in [0, 0.1) is 6.92 Å². The molecule has 0 aliphatic carbocycles. The van der Waals surface area contributed by atoms with Crippen molar-refractivity contribution in [1.82, 2.24) is 9.88 Å². The van der Waals surface area contributed by atoms with Crippen molar-refractivity contribution in [3.05, 3.63) is 51.5 Å². The highest BCUT2D eigenvalue weighted by molar-refractivity contribution is 7.13. The zero-order chi connectivity index (χ0) is 16.2. The molecule has 1 fully saturated rings. The van der Waals surface area contributed by atoms with Gasteiger partial charge >= 0.3 is 0 Å². The summed E-state index contributed by atoms with van der Waals surface area (Å²) < 4.78 is 0. The molecule has 0 unspecified atom stereocenters. The second-order valence-electron chi connectivity index (χ2n) is 6.24. The fraction of sp³-hybridized carbons (Fsp3) is 0.474. The number of carbonyl (C=O) groups excluding carboxylic acids is 1. The maximum atomic E-state index is 12.8. The largest absolute Gasteiger partial charge is 0.338 e. The smallest absolute Gasteiger partial charge is 0.265 e. The van der Waals surface area contributed by atoms with Crippen LogP contribution in [0.4, 0.5) is 0 Å². The van der Waals surface area contributed by atoms with Crippen LogP contribution in [0.15, 0.2) is 30.3 Å². The van der Waals surface area contributed by atoms with Gasteiger partial charge in [0, 0.05) is 13.1 Å². The number of carbonyl (C=O) groups is 1. The molecule has 4 heteroatoms. The Morgan fingerprint density at radius 2 is 1.96 bits per heavy atom. The van der Waals surface area contributed by atoms with Gasteiger partial charge in [-0.2, -0.15) is 0 Å². The number of nitrogens with zero attached hydrogens (tertiary/aromatic N) is 2. The zero-order valence-electron chi connectivity index (χ0n) is 13.9. The highest BCUT2D eigenvalue weighted by Gasteiger charge is 2.27. The summed E-state index contributed by atoms with van der Waals surface area (Å²) in [5.74, 6) is 0.768. The molecule has 1 aliphatic rings. The summed E-state index contributed by atoms with van der Waals surface area (Å²) in [6.07, 6.45) is 4.03. The third-order valence-electron chi connectivity index (χ3n) is 4.54. The first kappa shape index (κ1) is 16.2. The van der Waals surface area contributed by atoms with Crippen molar-refractivity contribution in [2.45, 2.75) is 45.4 Å². The topological polar surface area (TPSA) is 33.2 Å².